The number of methoxy groups -OCH3 is 1. The summed E-state index contributed by atoms with van der Waals surface area (Å²) in [6.07, 6.45) is 0.327. The second-order valence-electron chi connectivity index (χ2n) is 5.60. The number of hydrogen-bond donors (Lipinski definition) is 2. The van der Waals surface area contributed by atoms with Gasteiger partial charge in [0, 0.05) is 33.2 Å². The van der Waals surface area contributed by atoms with Crippen LogP contribution >= 0.6 is 0 Å². The number of aliphatic hydroxyl groups is 1. The second kappa shape index (κ2) is 7.75. The first-order chi connectivity index (χ1) is 10.1. The fourth-order valence-electron chi connectivity index (χ4n) is 2.38. The molecule has 5 heteroatoms. The number of aliphatic hydroxyl groups excluding tert-OH is 1. The van der Waals surface area contributed by atoms with E-state index in [2.05, 4.69) is 5.32 Å². The summed E-state index contributed by atoms with van der Waals surface area (Å²) in [5.41, 5.74) is 0.889. The van der Waals surface area contributed by atoms with Gasteiger partial charge >= 0.3 is 0 Å². The molecule has 0 aromatic heterocycles. The van der Waals surface area contributed by atoms with Crippen LogP contribution in [0.5, 0.6) is 5.75 Å². The summed E-state index contributed by atoms with van der Waals surface area (Å²) in [5, 5.41) is 13.2. The summed E-state index contributed by atoms with van der Waals surface area (Å²) in [4.78, 5) is 0. The maximum atomic E-state index is 9.95. The molecule has 1 aromatic rings. The van der Waals surface area contributed by atoms with E-state index in [4.69, 9.17) is 14.2 Å². The lowest BCUT2D eigenvalue weighted by Crippen LogP contribution is -2.45. The third kappa shape index (κ3) is 4.97. The molecule has 0 aliphatic carbocycles. The van der Waals surface area contributed by atoms with Crippen molar-refractivity contribution in [2.75, 3.05) is 40.0 Å². The Bertz CT molecular complexity index is 432. The third-order valence-corrected chi connectivity index (χ3v) is 3.76. The molecule has 118 valence electrons. The summed E-state index contributed by atoms with van der Waals surface area (Å²) in [7, 11) is 1.70. The van der Waals surface area contributed by atoms with Gasteiger partial charge in [-0.3, -0.25) is 0 Å². The van der Waals surface area contributed by atoms with Crippen molar-refractivity contribution in [3.63, 3.8) is 0 Å². The van der Waals surface area contributed by atoms with Crippen molar-refractivity contribution in [3.05, 3.63) is 29.8 Å². The smallest absolute Gasteiger partial charge is 0.119 e. The standard InChI is InChI=1S/C16H25NO4/c1-13-4-3-5-15(8-13)21-10-14(18)9-17-11-16(19-2)6-7-20-12-16/h3-5,8,14,17-18H,6-7,9-12H2,1-2H3. The van der Waals surface area contributed by atoms with Gasteiger partial charge < -0.3 is 24.6 Å². The SMILES string of the molecule is COC1(CNCC(O)COc2cccc(C)c2)CCOC1. The molecule has 1 aromatic carbocycles. The number of rotatable bonds is 8. The van der Waals surface area contributed by atoms with Gasteiger partial charge in [0.05, 0.1) is 6.61 Å². The predicted octanol–water partition coefficient (Wildman–Crippen LogP) is 1.13. The highest BCUT2D eigenvalue weighted by Crippen LogP contribution is 2.21. The fourth-order valence-corrected chi connectivity index (χ4v) is 2.38. The largest absolute Gasteiger partial charge is 0.491 e. The van der Waals surface area contributed by atoms with Crippen molar-refractivity contribution < 1.29 is 19.3 Å². The van der Waals surface area contributed by atoms with Crippen LogP contribution in [0.25, 0.3) is 0 Å². The van der Waals surface area contributed by atoms with E-state index in [1.807, 2.05) is 31.2 Å². The van der Waals surface area contributed by atoms with Crippen molar-refractivity contribution in [3.8, 4) is 5.75 Å². The molecule has 0 amide bonds. The molecule has 0 bridgehead atoms. The van der Waals surface area contributed by atoms with Crippen molar-refractivity contribution in [1.82, 2.24) is 5.32 Å². The average molecular weight is 295 g/mol. The van der Waals surface area contributed by atoms with Crippen LogP contribution in [0.4, 0.5) is 0 Å². The summed E-state index contributed by atoms with van der Waals surface area (Å²) in [6.45, 7) is 4.76. The minimum Gasteiger partial charge on any atom is -0.491 e. The summed E-state index contributed by atoms with van der Waals surface area (Å²) in [5.74, 6) is 0.784. The van der Waals surface area contributed by atoms with Crippen LogP contribution in [-0.4, -0.2) is 56.8 Å². The molecule has 0 radical (unpaired) electrons. The van der Waals surface area contributed by atoms with Crippen molar-refractivity contribution in [1.29, 1.82) is 0 Å². The van der Waals surface area contributed by atoms with Gasteiger partial charge in [0.15, 0.2) is 0 Å². The molecule has 21 heavy (non-hydrogen) atoms. The lowest BCUT2D eigenvalue weighted by atomic mass is 10.0. The third-order valence-electron chi connectivity index (χ3n) is 3.76. The quantitative estimate of drug-likeness (QED) is 0.753. The Labute approximate surface area is 126 Å². The Kier molecular flexibility index (Phi) is 5.99. The lowest BCUT2D eigenvalue weighted by molar-refractivity contribution is -0.0180. The van der Waals surface area contributed by atoms with E-state index in [0.29, 0.717) is 19.7 Å². The summed E-state index contributed by atoms with van der Waals surface area (Å²) >= 11 is 0. The van der Waals surface area contributed by atoms with E-state index in [-0.39, 0.29) is 12.2 Å². The second-order valence-corrected chi connectivity index (χ2v) is 5.60. The van der Waals surface area contributed by atoms with Crippen LogP contribution in [0.15, 0.2) is 24.3 Å². The monoisotopic (exact) mass is 295 g/mol. The zero-order valence-electron chi connectivity index (χ0n) is 12.8. The van der Waals surface area contributed by atoms with E-state index < -0.39 is 6.10 Å². The molecule has 1 fully saturated rings. The van der Waals surface area contributed by atoms with Gasteiger partial charge in [0.1, 0.15) is 24.1 Å². The van der Waals surface area contributed by atoms with Crippen molar-refractivity contribution in [2.45, 2.75) is 25.0 Å². The topological polar surface area (TPSA) is 60.0 Å². The van der Waals surface area contributed by atoms with Gasteiger partial charge in [-0.25, -0.2) is 0 Å². The molecule has 2 rings (SSSR count). The lowest BCUT2D eigenvalue weighted by Gasteiger charge is -2.26. The van der Waals surface area contributed by atoms with Crippen LogP contribution in [-0.2, 0) is 9.47 Å². The number of ether oxygens (including phenoxy) is 3. The van der Waals surface area contributed by atoms with Gasteiger partial charge in [0.2, 0.25) is 0 Å². The first kappa shape index (κ1) is 16.2. The van der Waals surface area contributed by atoms with Crippen molar-refractivity contribution >= 4 is 0 Å². The number of hydrogen-bond acceptors (Lipinski definition) is 5. The van der Waals surface area contributed by atoms with Crippen LogP contribution in [0, 0.1) is 6.92 Å². The van der Waals surface area contributed by atoms with Gasteiger partial charge in [-0.15, -0.1) is 0 Å². The Morgan fingerprint density at radius 3 is 3.00 bits per heavy atom. The predicted molar refractivity (Wildman–Crippen MR) is 80.7 cm³/mol. The van der Waals surface area contributed by atoms with Gasteiger partial charge in [-0.2, -0.15) is 0 Å². The maximum absolute atomic E-state index is 9.95. The molecule has 2 unspecified atom stereocenters. The molecular formula is C16H25NO4. The summed E-state index contributed by atoms with van der Waals surface area (Å²) in [6, 6.07) is 7.80. The first-order valence-electron chi connectivity index (χ1n) is 7.35. The zero-order chi connectivity index (χ0) is 15.1. The minimum atomic E-state index is -0.554. The van der Waals surface area contributed by atoms with E-state index in [1.54, 1.807) is 7.11 Å². The highest BCUT2D eigenvalue weighted by Gasteiger charge is 2.34. The molecule has 1 aliphatic rings. The van der Waals surface area contributed by atoms with E-state index in [0.717, 1.165) is 24.3 Å². The molecule has 2 N–H and O–H groups in total. The average Bonchev–Trinajstić information content (AvgIpc) is 2.95. The highest BCUT2D eigenvalue weighted by molar-refractivity contribution is 5.27. The normalized spacial score (nSPS) is 23.2. The van der Waals surface area contributed by atoms with E-state index in [9.17, 15) is 5.11 Å². The number of aryl methyl sites for hydroxylation is 1. The Balaban J connectivity index is 1.66. The molecular weight excluding hydrogens is 270 g/mol. The first-order valence-corrected chi connectivity index (χ1v) is 7.35. The molecule has 1 heterocycles. The maximum Gasteiger partial charge on any atom is 0.119 e. The molecule has 2 atom stereocenters. The van der Waals surface area contributed by atoms with Gasteiger partial charge in [0.25, 0.3) is 0 Å². The van der Waals surface area contributed by atoms with E-state index >= 15 is 0 Å². The Hall–Kier alpha value is -1.14. The molecule has 0 spiro atoms. The van der Waals surface area contributed by atoms with Crippen LogP contribution in [0.2, 0.25) is 0 Å². The molecule has 5 nitrogen and oxygen atoms in total. The Morgan fingerprint density at radius 2 is 2.33 bits per heavy atom. The van der Waals surface area contributed by atoms with Gasteiger partial charge in [-0.05, 0) is 24.6 Å². The number of nitrogens with one attached hydrogen (secondary N) is 1. The summed E-state index contributed by atoms with van der Waals surface area (Å²) < 4.78 is 16.5. The molecule has 0 saturated carbocycles. The van der Waals surface area contributed by atoms with E-state index in [1.165, 1.54) is 0 Å². The highest BCUT2D eigenvalue weighted by atomic mass is 16.5. The Morgan fingerprint density at radius 1 is 1.48 bits per heavy atom. The fraction of sp³-hybridized carbons (Fsp3) is 0.625. The van der Waals surface area contributed by atoms with Crippen LogP contribution < -0.4 is 10.1 Å². The zero-order valence-corrected chi connectivity index (χ0v) is 12.8. The van der Waals surface area contributed by atoms with Crippen molar-refractivity contribution in [2.24, 2.45) is 0 Å². The minimum absolute atomic E-state index is 0.253. The molecule has 1 saturated heterocycles. The van der Waals surface area contributed by atoms with Crippen LogP contribution in [0.1, 0.15) is 12.0 Å². The van der Waals surface area contributed by atoms with Gasteiger partial charge in [-0.1, -0.05) is 12.1 Å². The molecule has 1 aliphatic heterocycles. The number of benzene rings is 1. The van der Waals surface area contributed by atoms with Crippen LogP contribution in [0.3, 0.4) is 0 Å².